The van der Waals surface area contributed by atoms with E-state index in [4.69, 9.17) is 5.11 Å². The van der Waals surface area contributed by atoms with Crippen LogP contribution in [-0.2, 0) is 4.79 Å². The first-order chi connectivity index (χ1) is 9.92. The van der Waals surface area contributed by atoms with E-state index in [2.05, 4.69) is 5.32 Å². The Labute approximate surface area is 123 Å². The number of carbonyl (C=O) groups is 1. The van der Waals surface area contributed by atoms with Crippen molar-refractivity contribution >= 4 is 11.6 Å². The van der Waals surface area contributed by atoms with Gasteiger partial charge < -0.3 is 15.5 Å². The number of benzene rings is 1. The Morgan fingerprint density at radius 3 is 2.90 bits per heavy atom. The van der Waals surface area contributed by atoms with Crippen LogP contribution in [0.15, 0.2) is 18.2 Å². The molecule has 1 saturated heterocycles. The van der Waals surface area contributed by atoms with Crippen LogP contribution in [0.1, 0.15) is 18.4 Å². The second-order valence-electron chi connectivity index (χ2n) is 5.67. The Balaban J connectivity index is 1.79. The van der Waals surface area contributed by atoms with Gasteiger partial charge in [-0.1, -0.05) is 6.07 Å². The molecule has 0 unspecified atom stereocenters. The number of aryl methyl sites for hydroxylation is 1. The van der Waals surface area contributed by atoms with Gasteiger partial charge in [-0.2, -0.15) is 0 Å². The van der Waals surface area contributed by atoms with Crippen LogP contribution in [0.4, 0.5) is 10.1 Å². The molecule has 1 aromatic carbocycles. The zero-order chi connectivity index (χ0) is 15.5. The largest absolute Gasteiger partial charge is 0.393 e. The third-order valence-electron chi connectivity index (χ3n) is 3.82. The smallest absolute Gasteiger partial charge is 0.225 e. The Bertz CT molecular complexity index is 524. The van der Waals surface area contributed by atoms with Crippen molar-refractivity contribution in [3.8, 4) is 0 Å². The monoisotopic (exact) mass is 296 g/mol. The van der Waals surface area contributed by atoms with E-state index in [9.17, 15) is 14.3 Å². The molecule has 0 spiro atoms. The van der Waals surface area contributed by atoms with Crippen LogP contribution in [0.3, 0.4) is 0 Å². The fourth-order valence-corrected chi connectivity index (χ4v) is 2.41. The average molecular weight is 296 g/mol. The molecule has 3 N–H and O–H groups in total. The Morgan fingerprint density at radius 2 is 2.29 bits per heavy atom. The quantitative estimate of drug-likeness (QED) is 0.754. The molecule has 1 aliphatic rings. The molecule has 0 aromatic heterocycles. The molecule has 6 heteroatoms. The second-order valence-corrected chi connectivity index (χ2v) is 5.67. The number of hydrogen-bond acceptors (Lipinski definition) is 4. The Morgan fingerprint density at radius 1 is 1.52 bits per heavy atom. The number of nitrogens with zero attached hydrogens (tertiary/aromatic N) is 1. The van der Waals surface area contributed by atoms with Gasteiger partial charge in [-0.05, 0) is 31.0 Å². The van der Waals surface area contributed by atoms with Crippen molar-refractivity contribution in [1.29, 1.82) is 0 Å². The predicted molar refractivity (Wildman–Crippen MR) is 77.5 cm³/mol. The van der Waals surface area contributed by atoms with Crippen molar-refractivity contribution in [2.75, 3.05) is 31.6 Å². The molecule has 1 fully saturated rings. The molecular weight excluding hydrogens is 275 g/mol. The molecule has 0 aliphatic carbocycles. The fraction of sp³-hybridized carbons (Fsp3) is 0.533. The second kappa shape index (κ2) is 6.51. The van der Waals surface area contributed by atoms with E-state index in [-0.39, 0.29) is 24.8 Å². The summed E-state index contributed by atoms with van der Waals surface area (Å²) in [6.07, 6.45) is 0.769. The lowest BCUT2D eigenvalue weighted by Gasteiger charge is -2.20. The van der Waals surface area contributed by atoms with Crippen LogP contribution < -0.4 is 5.32 Å². The summed E-state index contributed by atoms with van der Waals surface area (Å²) >= 11 is 0. The minimum absolute atomic E-state index is 0.197. The maximum Gasteiger partial charge on any atom is 0.225 e. The van der Waals surface area contributed by atoms with Gasteiger partial charge in [-0.3, -0.25) is 9.69 Å². The first kappa shape index (κ1) is 15.9. The highest BCUT2D eigenvalue weighted by molar-refractivity contribution is 5.90. The lowest BCUT2D eigenvalue weighted by molar-refractivity contribution is -0.116. The molecule has 1 aliphatic heterocycles. The van der Waals surface area contributed by atoms with Gasteiger partial charge in [0.1, 0.15) is 11.4 Å². The minimum Gasteiger partial charge on any atom is -0.393 e. The van der Waals surface area contributed by atoms with E-state index in [1.165, 1.54) is 6.07 Å². The molecule has 2 rings (SSSR count). The molecule has 116 valence electrons. The summed E-state index contributed by atoms with van der Waals surface area (Å²) in [7, 11) is 0. The maximum absolute atomic E-state index is 13.4. The van der Waals surface area contributed by atoms with Crippen LogP contribution in [0, 0.1) is 12.7 Å². The summed E-state index contributed by atoms with van der Waals surface area (Å²) in [5.74, 6) is -0.543. The van der Waals surface area contributed by atoms with Crippen LogP contribution in [0.25, 0.3) is 0 Å². The van der Waals surface area contributed by atoms with Gasteiger partial charge in [0.2, 0.25) is 5.91 Å². The highest BCUT2D eigenvalue weighted by Gasteiger charge is 2.35. The molecule has 5 nitrogen and oxygen atoms in total. The van der Waals surface area contributed by atoms with Crippen molar-refractivity contribution in [1.82, 2.24) is 4.90 Å². The third-order valence-corrected chi connectivity index (χ3v) is 3.82. The van der Waals surface area contributed by atoms with Crippen molar-refractivity contribution in [2.24, 2.45) is 0 Å². The third kappa shape index (κ3) is 4.23. The van der Waals surface area contributed by atoms with Crippen LogP contribution in [0.2, 0.25) is 0 Å². The van der Waals surface area contributed by atoms with Gasteiger partial charge in [0.25, 0.3) is 0 Å². The molecular formula is C15H21FN2O3. The maximum atomic E-state index is 13.4. The predicted octanol–water partition coefficient (Wildman–Crippen LogP) is 0.892. The Kier molecular flexibility index (Phi) is 4.92. The number of hydrogen-bond donors (Lipinski definition) is 3. The highest BCUT2D eigenvalue weighted by atomic mass is 19.1. The van der Waals surface area contributed by atoms with E-state index in [0.29, 0.717) is 37.3 Å². The first-order valence-corrected chi connectivity index (χ1v) is 7.03. The number of aliphatic hydroxyl groups excluding tert-OH is 1. The van der Waals surface area contributed by atoms with Gasteiger partial charge in [0, 0.05) is 31.7 Å². The average Bonchev–Trinajstić information content (AvgIpc) is 2.83. The van der Waals surface area contributed by atoms with E-state index < -0.39 is 5.60 Å². The van der Waals surface area contributed by atoms with Crippen LogP contribution in [-0.4, -0.2) is 52.9 Å². The summed E-state index contributed by atoms with van der Waals surface area (Å²) in [6.45, 7) is 2.93. The summed E-state index contributed by atoms with van der Waals surface area (Å²) in [5, 5.41) is 21.6. The number of carbonyl (C=O) groups excluding carboxylic acids is 1. The number of β-amino-alcohol motifs (C(OH)–C–C–N with tert-alkyl or cyclic N) is 1. The summed E-state index contributed by atoms with van der Waals surface area (Å²) < 4.78 is 13.4. The Hall–Kier alpha value is -1.50. The van der Waals surface area contributed by atoms with Crippen molar-refractivity contribution in [3.63, 3.8) is 0 Å². The number of rotatable bonds is 5. The lowest BCUT2D eigenvalue weighted by atomic mass is 10.1. The van der Waals surface area contributed by atoms with E-state index in [1.54, 1.807) is 19.1 Å². The van der Waals surface area contributed by atoms with Crippen molar-refractivity contribution in [2.45, 2.75) is 25.4 Å². The SMILES string of the molecule is Cc1ccc(NC(=O)CCN2CC[C@](O)(CO)C2)cc1F. The molecule has 1 atom stereocenters. The van der Waals surface area contributed by atoms with Gasteiger partial charge in [-0.25, -0.2) is 4.39 Å². The molecule has 1 heterocycles. The highest BCUT2D eigenvalue weighted by Crippen LogP contribution is 2.20. The number of anilines is 1. The normalized spacial score (nSPS) is 22.5. The molecule has 1 aromatic rings. The lowest BCUT2D eigenvalue weighted by Crippen LogP contribution is -2.37. The van der Waals surface area contributed by atoms with Crippen LogP contribution >= 0.6 is 0 Å². The summed E-state index contributed by atoms with van der Waals surface area (Å²) in [6, 6.07) is 4.58. The summed E-state index contributed by atoms with van der Waals surface area (Å²) in [4.78, 5) is 13.8. The van der Waals surface area contributed by atoms with E-state index >= 15 is 0 Å². The van der Waals surface area contributed by atoms with Gasteiger partial charge in [0.05, 0.1) is 6.61 Å². The number of aliphatic hydroxyl groups is 2. The van der Waals surface area contributed by atoms with E-state index in [0.717, 1.165) is 0 Å². The summed E-state index contributed by atoms with van der Waals surface area (Å²) in [5.41, 5.74) is -0.0685. The van der Waals surface area contributed by atoms with Crippen molar-refractivity contribution in [3.05, 3.63) is 29.6 Å². The minimum atomic E-state index is -1.05. The molecule has 0 radical (unpaired) electrons. The zero-order valence-corrected chi connectivity index (χ0v) is 12.1. The van der Waals surface area contributed by atoms with Gasteiger partial charge in [0.15, 0.2) is 0 Å². The fourth-order valence-electron chi connectivity index (χ4n) is 2.41. The topological polar surface area (TPSA) is 72.8 Å². The molecule has 21 heavy (non-hydrogen) atoms. The van der Waals surface area contributed by atoms with Crippen LogP contribution in [0.5, 0.6) is 0 Å². The molecule has 1 amide bonds. The van der Waals surface area contributed by atoms with Gasteiger partial charge >= 0.3 is 0 Å². The van der Waals surface area contributed by atoms with Gasteiger partial charge in [-0.15, -0.1) is 0 Å². The standard InChI is InChI=1S/C15H21FN2O3/c1-11-2-3-12(8-13(11)16)17-14(20)4-6-18-7-5-15(21,9-18)10-19/h2-3,8,19,21H,4-7,9-10H2,1H3,(H,17,20)/t15-/m1/s1. The molecule has 0 bridgehead atoms. The molecule has 0 saturated carbocycles. The number of halogens is 1. The number of nitrogens with one attached hydrogen (secondary N) is 1. The first-order valence-electron chi connectivity index (χ1n) is 7.03. The van der Waals surface area contributed by atoms with Crippen molar-refractivity contribution < 1.29 is 19.4 Å². The zero-order valence-electron chi connectivity index (χ0n) is 12.1. The number of amides is 1. The van der Waals surface area contributed by atoms with E-state index in [1.807, 2.05) is 4.90 Å². The number of likely N-dealkylation sites (tertiary alicyclic amines) is 1.